The Morgan fingerprint density at radius 2 is 1.39 bits per heavy atom. The zero-order chi connectivity index (χ0) is 23.2. The molecular weight excluding hydrogens is 416 g/mol. The van der Waals surface area contributed by atoms with E-state index in [1.54, 1.807) is 12.3 Å². The SMILES string of the molecule is CCCCCCc1ccc2c(c1)c(F)c(F)c1cc(-c3ccc(OCCCC)nc3)ccc12. The molecule has 0 bridgehead atoms. The topological polar surface area (TPSA) is 22.1 Å². The van der Waals surface area contributed by atoms with E-state index in [1.165, 1.54) is 12.8 Å². The van der Waals surface area contributed by atoms with Crippen LogP contribution in [-0.4, -0.2) is 11.6 Å². The number of pyridine rings is 1. The number of ether oxygens (including phenoxy) is 1. The molecule has 4 rings (SSSR count). The first-order valence-electron chi connectivity index (χ1n) is 12.0. The second kappa shape index (κ2) is 10.7. The highest BCUT2D eigenvalue weighted by Crippen LogP contribution is 2.34. The molecule has 0 saturated carbocycles. The molecule has 0 amide bonds. The van der Waals surface area contributed by atoms with Gasteiger partial charge in [-0.3, -0.25) is 0 Å². The van der Waals surface area contributed by atoms with Gasteiger partial charge < -0.3 is 4.74 Å². The van der Waals surface area contributed by atoms with Crippen molar-refractivity contribution in [2.75, 3.05) is 6.61 Å². The minimum absolute atomic E-state index is 0.288. The van der Waals surface area contributed by atoms with Crippen molar-refractivity contribution in [2.24, 2.45) is 0 Å². The lowest BCUT2D eigenvalue weighted by molar-refractivity contribution is 0.298. The highest BCUT2D eigenvalue weighted by Gasteiger charge is 2.16. The molecule has 172 valence electrons. The van der Waals surface area contributed by atoms with E-state index in [4.69, 9.17) is 4.74 Å². The van der Waals surface area contributed by atoms with Crippen LogP contribution in [0.4, 0.5) is 8.78 Å². The van der Waals surface area contributed by atoms with Gasteiger partial charge in [0.25, 0.3) is 0 Å². The molecule has 0 aliphatic carbocycles. The first-order chi connectivity index (χ1) is 16.1. The predicted octanol–water partition coefficient (Wildman–Crippen LogP) is 8.63. The van der Waals surface area contributed by atoms with Crippen LogP contribution in [0.15, 0.2) is 54.7 Å². The molecule has 0 atom stereocenters. The Morgan fingerprint density at radius 3 is 2.09 bits per heavy atom. The summed E-state index contributed by atoms with van der Waals surface area (Å²) in [4.78, 5) is 4.35. The summed E-state index contributed by atoms with van der Waals surface area (Å²) in [5.74, 6) is -1.00. The van der Waals surface area contributed by atoms with E-state index in [2.05, 4.69) is 18.8 Å². The summed E-state index contributed by atoms with van der Waals surface area (Å²) < 4.78 is 35.8. The van der Waals surface area contributed by atoms with E-state index in [0.29, 0.717) is 17.9 Å². The molecule has 4 aromatic rings. The average Bonchev–Trinajstić information content (AvgIpc) is 2.85. The van der Waals surface area contributed by atoms with Crippen molar-refractivity contribution in [3.05, 3.63) is 71.9 Å². The third-order valence-corrected chi connectivity index (χ3v) is 6.20. The monoisotopic (exact) mass is 447 g/mol. The Bertz CT molecular complexity index is 1230. The zero-order valence-corrected chi connectivity index (χ0v) is 19.5. The smallest absolute Gasteiger partial charge is 0.213 e. The molecular formula is C29H31F2NO. The summed E-state index contributed by atoms with van der Waals surface area (Å²) in [5, 5.41) is 2.11. The van der Waals surface area contributed by atoms with Crippen LogP contribution in [0, 0.1) is 11.6 Å². The quantitative estimate of drug-likeness (QED) is 0.179. The fourth-order valence-corrected chi connectivity index (χ4v) is 4.25. The lowest BCUT2D eigenvalue weighted by atomic mass is 9.95. The maximum Gasteiger partial charge on any atom is 0.213 e. The maximum absolute atomic E-state index is 15.1. The summed E-state index contributed by atoms with van der Waals surface area (Å²) >= 11 is 0. The van der Waals surface area contributed by atoms with Crippen molar-refractivity contribution in [3.8, 4) is 17.0 Å². The Hall–Kier alpha value is -3.01. The molecule has 1 heterocycles. The number of nitrogens with zero attached hydrogens (tertiary/aromatic N) is 1. The minimum atomic E-state index is -0.796. The van der Waals surface area contributed by atoms with Crippen molar-refractivity contribution in [1.29, 1.82) is 0 Å². The van der Waals surface area contributed by atoms with Crippen LogP contribution in [0.1, 0.15) is 57.9 Å². The highest BCUT2D eigenvalue weighted by molar-refractivity contribution is 6.09. The molecule has 0 spiro atoms. The van der Waals surface area contributed by atoms with Gasteiger partial charge in [-0.05, 0) is 59.4 Å². The number of halogens is 2. The number of hydrogen-bond donors (Lipinski definition) is 0. The highest BCUT2D eigenvalue weighted by atomic mass is 19.2. The number of fused-ring (bicyclic) bond motifs is 3. The molecule has 0 radical (unpaired) electrons. The molecule has 3 aromatic carbocycles. The summed E-state index contributed by atoms with van der Waals surface area (Å²) in [6, 6.07) is 15.0. The molecule has 0 saturated heterocycles. The normalized spacial score (nSPS) is 11.4. The molecule has 0 N–H and O–H groups in total. The van der Waals surface area contributed by atoms with Crippen LogP contribution in [-0.2, 0) is 6.42 Å². The van der Waals surface area contributed by atoms with Crippen molar-refractivity contribution in [2.45, 2.75) is 58.8 Å². The molecule has 0 fully saturated rings. The number of aromatic nitrogens is 1. The van der Waals surface area contributed by atoms with E-state index in [9.17, 15) is 0 Å². The molecule has 2 nitrogen and oxygen atoms in total. The Morgan fingerprint density at radius 1 is 0.697 bits per heavy atom. The van der Waals surface area contributed by atoms with Crippen LogP contribution in [0.3, 0.4) is 0 Å². The van der Waals surface area contributed by atoms with Gasteiger partial charge in [0.1, 0.15) is 0 Å². The van der Waals surface area contributed by atoms with Crippen molar-refractivity contribution >= 4 is 21.5 Å². The summed E-state index contributed by atoms with van der Waals surface area (Å²) in [6.45, 7) is 4.93. The molecule has 0 aliphatic heterocycles. The van der Waals surface area contributed by atoms with Gasteiger partial charge in [-0.1, -0.05) is 63.8 Å². The average molecular weight is 448 g/mol. The fourth-order valence-electron chi connectivity index (χ4n) is 4.25. The van der Waals surface area contributed by atoms with Gasteiger partial charge in [-0.25, -0.2) is 13.8 Å². The molecule has 33 heavy (non-hydrogen) atoms. The van der Waals surface area contributed by atoms with E-state index in [-0.39, 0.29) is 5.39 Å². The van der Waals surface area contributed by atoms with Crippen molar-refractivity contribution in [1.82, 2.24) is 4.98 Å². The predicted molar refractivity (Wildman–Crippen MR) is 133 cm³/mol. The molecule has 1 aromatic heterocycles. The van der Waals surface area contributed by atoms with Crippen LogP contribution < -0.4 is 4.74 Å². The standard InChI is InChI=1S/C29H31F2NO/c1-3-5-7-8-9-20-10-13-23-24-14-11-21(18-26(24)29(31)28(30)25(23)17-20)22-12-15-27(32-19-22)33-16-6-4-2/h10-15,17-19H,3-9,16H2,1-2H3. The first-order valence-corrected chi connectivity index (χ1v) is 12.0. The van der Waals surface area contributed by atoms with Gasteiger partial charge in [0.05, 0.1) is 6.61 Å². The maximum atomic E-state index is 15.1. The van der Waals surface area contributed by atoms with Gasteiger partial charge in [-0.15, -0.1) is 0 Å². The lowest BCUT2D eigenvalue weighted by Gasteiger charge is -2.12. The molecule has 4 heteroatoms. The van der Waals surface area contributed by atoms with Gasteiger partial charge in [-0.2, -0.15) is 0 Å². The van der Waals surface area contributed by atoms with Gasteiger partial charge in [0, 0.05) is 28.6 Å². The van der Waals surface area contributed by atoms with Crippen LogP contribution >= 0.6 is 0 Å². The largest absolute Gasteiger partial charge is 0.478 e. The fraction of sp³-hybridized carbons (Fsp3) is 0.345. The number of rotatable bonds is 10. The third kappa shape index (κ3) is 5.16. The Labute approximate surface area is 194 Å². The van der Waals surface area contributed by atoms with Crippen molar-refractivity contribution in [3.63, 3.8) is 0 Å². The van der Waals surface area contributed by atoms with Crippen LogP contribution in [0.2, 0.25) is 0 Å². The van der Waals surface area contributed by atoms with Crippen LogP contribution in [0.25, 0.3) is 32.7 Å². The third-order valence-electron chi connectivity index (χ3n) is 6.20. The van der Waals surface area contributed by atoms with Gasteiger partial charge in [0.2, 0.25) is 5.88 Å². The number of aryl methyl sites for hydroxylation is 1. The second-order valence-electron chi connectivity index (χ2n) is 8.67. The van der Waals surface area contributed by atoms with E-state index < -0.39 is 11.6 Å². The summed E-state index contributed by atoms with van der Waals surface area (Å²) in [7, 11) is 0. The Balaban J connectivity index is 1.65. The zero-order valence-electron chi connectivity index (χ0n) is 19.5. The summed E-state index contributed by atoms with van der Waals surface area (Å²) in [5.41, 5.74) is 2.68. The van der Waals surface area contributed by atoms with E-state index >= 15 is 8.78 Å². The van der Waals surface area contributed by atoms with Crippen LogP contribution in [0.5, 0.6) is 5.88 Å². The molecule has 0 unspecified atom stereocenters. The lowest BCUT2D eigenvalue weighted by Crippen LogP contribution is -1.98. The number of benzene rings is 3. The first kappa shape index (κ1) is 23.2. The summed E-state index contributed by atoms with van der Waals surface area (Å²) in [6.07, 6.45) is 9.25. The van der Waals surface area contributed by atoms with Crippen molar-refractivity contribution < 1.29 is 13.5 Å². The minimum Gasteiger partial charge on any atom is -0.478 e. The second-order valence-corrected chi connectivity index (χ2v) is 8.67. The Kier molecular flexibility index (Phi) is 7.54. The number of unbranched alkanes of at least 4 members (excludes halogenated alkanes) is 4. The van der Waals surface area contributed by atoms with Gasteiger partial charge in [0.15, 0.2) is 11.6 Å². The molecule has 0 aliphatic rings. The van der Waals surface area contributed by atoms with Gasteiger partial charge >= 0.3 is 0 Å². The van der Waals surface area contributed by atoms with E-state index in [0.717, 1.165) is 59.6 Å². The number of hydrogen-bond acceptors (Lipinski definition) is 2. The van der Waals surface area contributed by atoms with E-state index in [1.807, 2.05) is 42.5 Å².